The molecule has 19 heavy (non-hydrogen) atoms. The van der Waals surface area contributed by atoms with Crippen molar-refractivity contribution in [1.82, 2.24) is 0 Å². The van der Waals surface area contributed by atoms with E-state index in [0.29, 0.717) is 5.75 Å². The summed E-state index contributed by atoms with van der Waals surface area (Å²) in [4.78, 5) is 10.6. The van der Waals surface area contributed by atoms with Gasteiger partial charge in [-0.2, -0.15) is 0 Å². The Kier molecular flexibility index (Phi) is 4.24. The summed E-state index contributed by atoms with van der Waals surface area (Å²) in [6, 6.07) is 6.01. The number of aryl methyl sites for hydroxylation is 1. The van der Waals surface area contributed by atoms with E-state index in [1.54, 1.807) is 6.92 Å². The molecule has 0 bridgehead atoms. The summed E-state index contributed by atoms with van der Waals surface area (Å²) >= 11 is 0. The molecule has 3 atom stereocenters. The minimum atomic E-state index is -1.17. The molecule has 1 heterocycles. The minimum Gasteiger partial charge on any atom is -0.489 e. The Morgan fingerprint density at radius 3 is 3.00 bits per heavy atom. The molecule has 1 aliphatic heterocycles. The van der Waals surface area contributed by atoms with Crippen LogP contribution in [0.2, 0.25) is 0 Å². The number of aliphatic carboxylic acids is 1. The molecule has 0 spiro atoms. The van der Waals surface area contributed by atoms with Gasteiger partial charge in [-0.25, -0.2) is 0 Å². The van der Waals surface area contributed by atoms with Crippen LogP contribution in [-0.4, -0.2) is 32.4 Å². The summed E-state index contributed by atoms with van der Waals surface area (Å²) < 4.78 is 17.8. The Labute approximate surface area is 115 Å². The van der Waals surface area contributed by atoms with E-state index >= 15 is 0 Å². The van der Waals surface area contributed by atoms with Crippen LogP contribution in [0.3, 0.4) is 0 Å². The molecule has 0 aromatic heterocycles. The fourth-order valence-corrected chi connectivity index (χ4v) is 3.44. The molecule has 5 heteroatoms. The van der Waals surface area contributed by atoms with Gasteiger partial charge in [0.05, 0.1) is 12.2 Å². The molecule has 2 rings (SSSR count). The number of carboxylic acid groups (broad SMARTS) is 1. The fraction of sp³-hybridized carbons (Fsp3) is 0.500. The first-order valence-electron chi connectivity index (χ1n) is 6.31. The highest BCUT2D eigenvalue weighted by molar-refractivity contribution is 7.85. The first-order valence-corrected chi connectivity index (χ1v) is 7.69. The Bertz CT molecular complexity index is 512. The predicted molar refractivity (Wildman–Crippen MR) is 74.0 cm³/mol. The van der Waals surface area contributed by atoms with E-state index in [1.807, 2.05) is 19.1 Å². The normalized spacial score (nSPS) is 20.4. The van der Waals surface area contributed by atoms with E-state index in [9.17, 15) is 9.00 Å². The van der Waals surface area contributed by atoms with Gasteiger partial charge in [0.1, 0.15) is 11.9 Å². The molecule has 0 fully saturated rings. The number of fused-ring (bicyclic) bond motifs is 1. The van der Waals surface area contributed by atoms with Crippen LogP contribution in [0.25, 0.3) is 0 Å². The van der Waals surface area contributed by atoms with Crippen molar-refractivity contribution < 1.29 is 18.8 Å². The van der Waals surface area contributed by atoms with Crippen molar-refractivity contribution >= 4 is 16.8 Å². The van der Waals surface area contributed by atoms with Crippen molar-refractivity contribution in [3.05, 3.63) is 29.3 Å². The van der Waals surface area contributed by atoms with E-state index in [0.717, 1.165) is 17.7 Å². The zero-order valence-electron chi connectivity index (χ0n) is 11.1. The number of rotatable bonds is 5. The van der Waals surface area contributed by atoms with Gasteiger partial charge in [0.25, 0.3) is 0 Å². The fourth-order valence-electron chi connectivity index (χ4n) is 2.23. The number of ether oxygens (including phenoxy) is 1. The Hall–Kier alpha value is -1.36. The number of benzene rings is 1. The van der Waals surface area contributed by atoms with Crippen molar-refractivity contribution in [3.63, 3.8) is 0 Å². The number of hydrogen-bond donors (Lipinski definition) is 1. The molecule has 0 radical (unpaired) electrons. The maximum absolute atomic E-state index is 12.0. The predicted octanol–water partition coefficient (Wildman–Crippen LogP) is 1.91. The van der Waals surface area contributed by atoms with Gasteiger partial charge in [0.2, 0.25) is 0 Å². The van der Waals surface area contributed by atoms with Crippen molar-refractivity contribution in [2.45, 2.75) is 38.0 Å². The van der Waals surface area contributed by atoms with Crippen LogP contribution < -0.4 is 4.74 Å². The molecule has 1 aromatic carbocycles. The SMILES string of the molecule is Cc1ccc2c(c1)CC(CS(=O)C(C)CC(=O)O)O2. The van der Waals surface area contributed by atoms with Crippen molar-refractivity contribution in [2.24, 2.45) is 0 Å². The summed E-state index contributed by atoms with van der Waals surface area (Å²) in [5.41, 5.74) is 2.33. The number of hydrogen-bond acceptors (Lipinski definition) is 3. The molecular formula is C14H18O4S. The molecule has 104 valence electrons. The second-order valence-corrected chi connectivity index (χ2v) is 6.91. The summed E-state index contributed by atoms with van der Waals surface area (Å²) in [6.07, 6.45) is 0.586. The van der Waals surface area contributed by atoms with E-state index in [2.05, 4.69) is 6.07 Å². The van der Waals surface area contributed by atoms with Gasteiger partial charge in [-0.3, -0.25) is 9.00 Å². The van der Waals surface area contributed by atoms with Crippen molar-refractivity contribution in [2.75, 3.05) is 5.75 Å². The van der Waals surface area contributed by atoms with E-state index in [4.69, 9.17) is 9.84 Å². The Morgan fingerprint density at radius 1 is 1.58 bits per heavy atom. The van der Waals surface area contributed by atoms with E-state index in [1.165, 1.54) is 5.56 Å². The third-order valence-electron chi connectivity index (χ3n) is 3.22. The van der Waals surface area contributed by atoms with Gasteiger partial charge in [-0.05, 0) is 18.6 Å². The van der Waals surface area contributed by atoms with Crippen LogP contribution in [0.15, 0.2) is 18.2 Å². The van der Waals surface area contributed by atoms with Crippen LogP contribution in [0.4, 0.5) is 0 Å². The average molecular weight is 282 g/mol. The molecule has 0 amide bonds. The molecule has 0 aliphatic carbocycles. The quantitative estimate of drug-likeness (QED) is 0.896. The van der Waals surface area contributed by atoms with Crippen LogP contribution in [0, 0.1) is 6.92 Å². The second kappa shape index (κ2) is 5.74. The van der Waals surface area contributed by atoms with E-state index in [-0.39, 0.29) is 17.8 Å². The van der Waals surface area contributed by atoms with Crippen LogP contribution >= 0.6 is 0 Å². The lowest BCUT2D eigenvalue weighted by Crippen LogP contribution is -2.27. The molecule has 0 saturated carbocycles. The molecule has 1 aliphatic rings. The molecular weight excluding hydrogens is 264 g/mol. The first kappa shape index (κ1) is 14.1. The topological polar surface area (TPSA) is 63.6 Å². The summed E-state index contributed by atoms with van der Waals surface area (Å²) in [6.45, 7) is 3.73. The molecule has 0 saturated heterocycles. The van der Waals surface area contributed by atoms with Crippen LogP contribution in [0.1, 0.15) is 24.5 Å². The van der Waals surface area contributed by atoms with Gasteiger partial charge in [-0.1, -0.05) is 24.6 Å². The highest BCUT2D eigenvalue weighted by atomic mass is 32.2. The monoisotopic (exact) mass is 282 g/mol. The summed E-state index contributed by atoms with van der Waals surface area (Å²) in [5, 5.41) is 8.36. The van der Waals surface area contributed by atoms with Crippen LogP contribution in [-0.2, 0) is 22.0 Å². The number of carboxylic acids is 1. The summed E-state index contributed by atoms with van der Waals surface area (Å²) in [5.74, 6) is 0.341. The Balaban J connectivity index is 1.93. The lowest BCUT2D eigenvalue weighted by molar-refractivity contribution is -0.136. The third kappa shape index (κ3) is 3.56. The van der Waals surface area contributed by atoms with Gasteiger partial charge in [0, 0.05) is 22.5 Å². The van der Waals surface area contributed by atoms with Gasteiger partial charge in [-0.15, -0.1) is 0 Å². The second-order valence-electron chi connectivity index (χ2n) is 5.01. The molecule has 1 N–H and O–H groups in total. The highest BCUT2D eigenvalue weighted by Crippen LogP contribution is 2.30. The average Bonchev–Trinajstić information content (AvgIpc) is 2.69. The minimum absolute atomic E-state index is 0.0641. The molecule has 4 nitrogen and oxygen atoms in total. The van der Waals surface area contributed by atoms with Crippen molar-refractivity contribution in [1.29, 1.82) is 0 Å². The lowest BCUT2D eigenvalue weighted by atomic mass is 10.1. The van der Waals surface area contributed by atoms with Gasteiger partial charge >= 0.3 is 5.97 Å². The third-order valence-corrected chi connectivity index (χ3v) is 4.98. The zero-order valence-corrected chi connectivity index (χ0v) is 11.9. The van der Waals surface area contributed by atoms with E-state index < -0.39 is 16.8 Å². The lowest BCUT2D eigenvalue weighted by Gasteiger charge is -2.13. The van der Waals surface area contributed by atoms with Gasteiger partial charge < -0.3 is 9.84 Å². The smallest absolute Gasteiger partial charge is 0.304 e. The van der Waals surface area contributed by atoms with Gasteiger partial charge in [0.15, 0.2) is 0 Å². The first-order chi connectivity index (χ1) is 8.95. The molecule has 3 unspecified atom stereocenters. The standard InChI is InChI=1S/C14H18O4S/c1-9-3-4-13-11(5-9)7-12(18-13)8-19(17)10(2)6-14(15)16/h3-5,10,12H,6-8H2,1-2H3,(H,15,16). The highest BCUT2D eigenvalue weighted by Gasteiger charge is 2.26. The largest absolute Gasteiger partial charge is 0.489 e. The Morgan fingerprint density at radius 2 is 2.32 bits per heavy atom. The maximum atomic E-state index is 12.0. The maximum Gasteiger partial charge on any atom is 0.304 e. The summed E-state index contributed by atoms with van der Waals surface area (Å²) in [7, 11) is -1.17. The molecule has 1 aromatic rings. The van der Waals surface area contributed by atoms with Crippen molar-refractivity contribution in [3.8, 4) is 5.75 Å². The number of carbonyl (C=O) groups is 1. The zero-order chi connectivity index (χ0) is 14.0. The van der Waals surface area contributed by atoms with Crippen LogP contribution in [0.5, 0.6) is 5.75 Å².